The van der Waals surface area contributed by atoms with Gasteiger partial charge in [0.15, 0.2) is 0 Å². The average Bonchev–Trinajstić information content (AvgIpc) is 3.00. The van der Waals surface area contributed by atoms with Crippen LogP contribution in [0.4, 0.5) is 5.69 Å². The van der Waals surface area contributed by atoms with Crippen LogP contribution in [0, 0.1) is 5.92 Å². The van der Waals surface area contributed by atoms with Crippen LogP contribution < -0.4 is 10.0 Å². The third-order valence-corrected chi connectivity index (χ3v) is 5.65. The van der Waals surface area contributed by atoms with Crippen molar-refractivity contribution in [2.75, 3.05) is 31.6 Å². The first kappa shape index (κ1) is 14.8. The van der Waals surface area contributed by atoms with Crippen molar-refractivity contribution in [3.05, 3.63) is 23.8 Å². The lowest BCUT2D eigenvalue weighted by molar-refractivity contribution is 0.184. The number of sulfonamides is 1. The van der Waals surface area contributed by atoms with Gasteiger partial charge in [0.05, 0.1) is 4.90 Å². The zero-order chi connectivity index (χ0) is 14.7. The van der Waals surface area contributed by atoms with Crippen LogP contribution in [0.3, 0.4) is 0 Å². The lowest BCUT2D eigenvalue weighted by atomic mass is 10.0. The van der Waals surface area contributed by atoms with Gasteiger partial charge in [0.25, 0.3) is 0 Å². The van der Waals surface area contributed by atoms with Crippen LogP contribution in [-0.2, 0) is 21.2 Å². The number of ether oxygens (including phenoxy) is 1. The summed E-state index contributed by atoms with van der Waals surface area (Å²) >= 11 is 0. The van der Waals surface area contributed by atoms with Gasteiger partial charge in [0.2, 0.25) is 10.0 Å². The number of nitrogens with one attached hydrogen (secondary N) is 2. The van der Waals surface area contributed by atoms with Crippen molar-refractivity contribution in [3.8, 4) is 0 Å². The second-order valence-corrected chi connectivity index (χ2v) is 7.53. The molecule has 0 aromatic heterocycles. The largest absolute Gasteiger partial charge is 0.385 e. The van der Waals surface area contributed by atoms with Gasteiger partial charge in [-0.1, -0.05) is 0 Å². The summed E-state index contributed by atoms with van der Waals surface area (Å²) in [5.74, 6) is 0.487. The fourth-order valence-corrected chi connectivity index (χ4v) is 4.01. The van der Waals surface area contributed by atoms with E-state index >= 15 is 0 Å². The highest BCUT2D eigenvalue weighted by Gasteiger charge is 2.19. The van der Waals surface area contributed by atoms with Crippen LogP contribution in [0.15, 0.2) is 23.1 Å². The molecule has 1 unspecified atom stereocenters. The van der Waals surface area contributed by atoms with Crippen molar-refractivity contribution >= 4 is 15.7 Å². The lowest BCUT2D eigenvalue weighted by Crippen LogP contribution is -2.26. The van der Waals surface area contributed by atoms with Crippen molar-refractivity contribution in [3.63, 3.8) is 0 Å². The first-order valence-electron chi connectivity index (χ1n) is 7.59. The molecule has 1 saturated heterocycles. The quantitative estimate of drug-likeness (QED) is 0.869. The van der Waals surface area contributed by atoms with E-state index in [-0.39, 0.29) is 0 Å². The van der Waals surface area contributed by atoms with Crippen LogP contribution in [0.25, 0.3) is 0 Å². The summed E-state index contributed by atoms with van der Waals surface area (Å²) in [5, 5.41) is 3.29. The van der Waals surface area contributed by atoms with Crippen molar-refractivity contribution in [2.45, 2.75) is 30.6 Å². The summed E-state index contributed by atoms with van der Waals surface area (Å²) in [6.45, 7) is 2.99. The van der Waals surface area contributed by atoms with Crippen molar-refractivity contribution in [2.24, 2.45) is 5.92 Å². The van der Waals surface area contributed by atoms with Crippen molar-refractivity contribution < 1.29 is 13.2 Å². The highest BCUT2D eigenvalue weighted by Crippen LogP contribution is 2.25. The summed E-state index contributed by atoms with van der Waals surface area (Å²) in [4.78, 5) is 0.368. The molecular weight excluding hydrogens is 288 g/mol. The summed E-state index contributed by atoms with van der Waals surface area (Å²) in [6.07, 6.45) is 3.86. The molecule has 6 heteroatoms. The van der Waals surface area contributed by atoms with Crippen LogP contribution in [0.5, 0.6) is 0 Å². The van der Waals surface area contributed by atoms with Crippen LogP contribution >= 0.6 is 0 Å². The highest BCUT2D eigenvalue weighted by molar-refractivity contribution is 7.89. The molecule has 0 bridgehead atoms. The Labute approximate surface area is 126 Å². The van der Waals surface area contributed by atoms with Crippen molar-refractivity contribution in [1.29, 1.82) is 0 Å². The van der Waals surface area contributed by atoms with E-state index in [1.54, 1.807) is 12.1 Å². The molecule has 5 nitrogen and oxygen atoms in total. The fraction of sp³-hybridized carbons (Fsp3) is 0.600. The topological polar surface area (TPSA) is 67.4 Å². The van der Waals surface area contributed by atoms with Gasteiger partial charge in [0, 0.05) is 32.0 Å². The molecule has 2 heterocycles. The minimum absolute atomic E-state index is 0.368. The fourth-order valence-electron chi connectivity index (χ4n) is 2.91. The maximum Gasteiger partial charge on any atom is 0.240 e. The van der Waals surface area contributed by atoms with Gasteiger partial charge in [-0.25, -0.2) is 13.1 Å². The number of benzene rings is 1. The Morgan fingerprint density at radius 3 is 3.10 bits per heavy atom. The predicted octanol–water partition coefficient (Wildman–Crippen LogP) is 1.75. The molecule has 0 radical (unpaired) electrons. The molecule has 21 heavy (non-hydrogen) atoms. The SMILES string of the molecule is O=S(=O)(NCCC1CCOC1)c1ccc2c(c1)CCCN2. The number of anilines is 1. The van der Waals surface area contributed by atoms with Gasteiger partial charge in [-0.2, -0.15) is 0 Å². The first-order valence-corrected chi connectivity index (χ1v) is 9.08. The molecule has 1 aromatic rings. The van der Waals surface area contributed by atoms with E-state index in [9.17, 15) is 8.42 Å². The van der Waals surface area contributed by atoms with Gasteiger partial charge in [-0.05, 0) is 55.4 Å². The number of rotatable bonds is 5. The minimum Gasteiger partial charge on any atom is -0.385 e. The number of hydrogen-bond donors (Lipinski definition) is 2. The molecule has 0 saturated carbocycles. The Morgan fingerprint density at radius 1 is 1.38 bits per heavy atom. The molecule has 2 aliphatic rings. The normalized spacial score (nSPS) is 21.8. The van der Waals surface area contributed by atoms with Gasteiger partial charge >= 0.3 is 0 Å². The van der Waals surface area contributed by atoms with E-state index in [0.29, 0.717) is 17.4 Å². The maximum absolute atomic E-state index is 12.3. The van der Waals surface area contributed by atoms with Crippen molar-refractivity contribution in [1.82, 2.24) is 4.72 Å². The Morgan fingerprint density at radius 2 is 2.29 bits per heavy atom. The molecule has 0 amide bonds. The Kier molecular flexibility index (Phi) is 4.47. The van der Waals surface area contributed by atoms with Crippen LogP contribution in [0.1, 0.15) is 24.8 Å². The van der Waals surface area contributed by atoms with Crippen LogP contribution in [-0.4, -0.2) is 34.7 Å². The Hall–Kier alpha value is -1.11. The lowest BCUT2D eigenvalue weighted by Gasteiger charge is -2.18. The van der Waals surface area contributed by atoms with Gasteiger partial charge in [-0.15, -0.1) is 0 Å². The Bertz CT molecular complexity index is 595. The van der Waals surface area contributed by atoms with E-state index in [1.165, 1.54) is 0 Å². The number of aryl methyl sites for hydroxylation is 1. The van der Waals surface area contributed by atoms with Crippen LogP contribution in [0.2, 0.25) is 0 Å². The summed E-state index contributed by atoms with van der Waals surface area (Å²) in [5.41, 5.74) is 2.15. The van der Waals surface area contributed by atoms with Gasteiger partial charge < -0.3 is 10.1 Å². The van der Waals surface area contributed by atoms with E-state index in [0.717, 1.165) is 56.7 Å². The second-order valence-electron chi connectivity index (χ2n) is 5.77. The molecule has 0 aliphatic carbocycles. The zero-order valence-corrected chi connectivity index (χ0v) is 12.9. The average molecular weight is 310 g/mol. The highest BCUT2D eigenvalue weighted by atomic mass is 32.2. The third kappa shape index (κ3) is 3.56. The predicted molar refractivity (Wildman–Crippen MR) is 82.0 cm³/mol. The maximum atomic E-state index is 12.3. The molecule has 1 atom stereocenters. The third-order valence-electron chi connectivity index (χ3n) is 4.19. The monoisotopic (exact) mass is 310 g/mol. The summed E-state index contributed by atoms with van der Waals surface area (Å²) in [6, 6.07) is 5.34. The molecule has 1 aromatic carbocycles. The Balaban J connectivity index is 1.63. The standard InChI is InChI=1S/C15H22N2O3S/c18-21(19,17-8-5-12-6-9-20-11-12)14-3-4-15-13(10-14)2-1-7-16-15/h3-4,10,12,16-17H,1-2,5-9,11H2. The van der Waals surface area contributed by atoms with E-state index < -0.39 is 10.0 Å². The summed E-state index contributed by atoms with van der Waals surface area (Å²) < 4.78 is 32.7. The second kappa shape index (κ2) is 6.34. The molecule has 1 fully saturated rings. The number of fused-ring (bicyclic) bond motifs is 1. The summed E-state index contributed by atoms with van der Waals surface area (Å²) in [7, 11) is -3.40. The van der Waals surface area contributed by atoms with Gasteiger partial charge in [-0.3, -0.25) is 0 Å². The molecule has 2 aliphatic heterocycles. The minimum atomic E-state index is -3.40. The van der Waals surface area contributed by atoms with E-state index in [1.807, 2.05) is 6.07 Å². The zero-order valence-electron chi connectivity index (χ0n) is 12.1. The van der Waals surface area contributed by atoms with Gasteiger partial charge in [0.1, 0.15) is 0 Å². The smallest absolute Gasteiger partial charge is 0.240 e. The molecule has 116 valence electrons. The molecular formula is C15H22N2O3S. The number of hydrogen-bond acceptors (Lipinski definition) is 4. The molecule has 0 spiro atoms. The molecule has 2 N–H and O–H groups in total. The first-order chi connectivity index (χ1) is 10.1. The molecule has 3 rings (SSSR count). The van der Waals surface area contributed by atoms with E-state index in [2.05, 4.69) is 10.0 Å². The van der Waals surface area contributed by atoms with E-state index in [4.69, 9.17) is 4.74 Å².